The second-order valence-electron chi connectivity index (χ2n) is 6.23. The van der Waals surface area contributed by atoms with Gasteiger partial charge in [0, 0.05) is 22.0 Å². The van der Waals surface area contributed by atoms with Gasteiger partial charge in [0.2, 0.25) is 10.0 Å². The van der Waals surface area contributed by atoms with Crippen molar-refractivity contribution < 1.29 is 8.42 Å². The molecule has 1 saturated heterocycles. The lowest BCUT2D eigenvalue weighted by Gasteiger charge is -2.24. The second kappa shape index (κ2) is 6.18. The van der Waals surface area contributed by atoms with E-state index < -0.39 is 10.0 Å². The summed E-state index contributed by atoms with van der Waals surface area (Å²) in [6.07, 6.45) is 2.77. The summed E-state index contributed by atoms with van der Waals surface area (Å²) in [5.41, 5.74) is 6.39. The standard InChI is InChI=1S/C14H20Br2N2O2S/c1-14(2)4-3-6-18(7-5-14)21(19,20)13-11(16)8-10(15)9-12(13)17/h8-9H,3-7,17H2,1-2H3. The van der Waals surface area contributed by atoms with Crippen molar-refractivity contribution in [3.8, 4) is 0 Å². The Hall–Kier alpha value is -0.110. The molecule has 1 aliphatic heterocycles. The van der Waals surface area contributed by atoms with Crippen molar-refractivity contribution in [2.45, 2.75) is 38.0 Å². The molecule has 1 aromatic carbocycles. The Morgan fingerprint density at radius 2 is 1.86 bits per heavy atom. The highest BCUT2D eigenvalue weighted by Gasteiger charge is 2.32. The van der Waals surface area contributed by atoms with E-state index in [4.69, 9.17) is 5.73 Å². The highest BCUT2D eigenvalue weighted by Crippen LogP contribution is 2.36. The van der Waals surface area contributed by atoms with Crippen LogP contribution >= 0.6 is 31.9 Å². The van der Waals surface area contributed by atoms with Crippen LogP contribution in [0.25, 0.3) is 0 Å². The topological polar surface area (TPSA) is 63.4 Å². The van der Waals surface area contributed by atoms with Crippen LogP contribution < -0.4 is 5.73 Å². The Bertz CT molecular complexity index is 621. The van der Waals surface area contributed by atoms with Crippen molar-refractivity contribution >= 4 is 47.6 Å². The number of halogens is 2. The van der Waals surface area contributed by atoms with E-state index in [1.807, 2.05) is 0 Å². The van der Waals surface area contributed by atoms with Crippen LogP contribution in [0.2, 0.25) is 0 Å². The van der Waals surface area contributed by atoms with Gasteiger partial charge < -0.3 is 5.73 Å². The summed E-state index contributed by atoms with van der Waals surface area (Å²) in [5.74, 6) is 0. The van der Waals surface area contributed by atoms with Crippen molar-refractivity contribution in [1.82, 2.24) is 4.31 Å². The monoisotopic (exact) mass is 438 g/mol. The molecule has 1 aromatic rings. The van der Waals surface area contributed by atoms with Gasteiger partial charge in [-0.05, 0) is 52.7 Å². The number of nitrogens with zero attached hydrogens (tertiary/aromatic N) is 1. The van der Waals surface area contributed by atoms with E-state index in [1.165, 1.54) is 0 Å². The third-order valence-corrected chi connectivity index (χ3v) is 7.30. The molecule has 2 rings (SSSR count). The molecular formula is C14H20Br2N2O2S. The third-order valence-electron chi connectivity index (χ3n) is 3.93. The van der Waals surface area contributed by atoms with Gasteiger partial charge >= 0.3 is 0 Å². The molecule has 1 heterocycles. The molecule has 0 radical (unpaired) electrons. The minimum Gasteiger partial charge on any atom is -0.398 e. The molecule has 0 aliphatic carbocycles. The van der Waals surface area contributed by atoms with Gasteiger partial charge in [-0.3, -0.25) is 0 Å². The molecule has 0 aromatic heterocycles. The first-order chi connectivity index (χ1) is 9.63. The molecule has 21 heavy (non-hydrogen) atoms. The highest BCUT2D eigenvalue weighted by atomic mass is 79.9. The van der Waals surface area contributed by atoms with Gasteiger partial charge in [0.05, 0.1) is 5.69 Å². The Labute approximate surface area is 143 Å². The number of anilines is 1. The molecular weight excluding hydrogens is 420 g/mol. The Balaban J connectivity index is 2.39. The summed E-state index contributed by atoms with van der Waals surface area (Å²) in [4.78, 5) is 0.172. The molecule has 118 valence electrons. The van der Waals surface area contributed by atoms with Crippen LogP contribution in [0.3, 0.4) is 0 Å². The number of sulfonamides is 1. The van der Waals surface area contributed by atoms with Crippen LogP contribution in [0.5, 0.6) is 0 Å². The summed E-state index contributed by atoms with van der Waals surface area (Å²) in [6.45, 7) is 5.46. The molecule has 0 spiro atoms. The molecule has 7 heteroatoms. The lowest BCUT2D eigenvalue weighted by atomic mass is 9.85. The predicted octanol–water partition coefficient (Wildman–Crippen LogP) is 3.99. The predicted molar refractivity (Wildman–Crippen MR) is 92.6 cm³/mol. The van der Waals surface area contributed by atoms with E-state index >= 15 is 0 Å². The fourth-order valence-electron chi connectivity index (χ4n) is 2.62. The maximum Gasteiger partial charge on any atom is 0.246 e. The Kier molecular flexibility index (Phi) is 5.08. The van der Waals surface area contributed by atoms with Crippen LogP contribution in [0.4, 0.5) is 5.69 Å². The fraction of sp³-hybridized carbons (Fsp3) is 0.571. The average Bonchev–Trinajstić information content (AvgIpc) is 2.48. The van der Waals surface area contributed by atoms with Crippen LogP contribution in [0, 0.1) is 5.41 Å². The van der Waals surface area contributed by atoms with E-state index in [1.54, 1.807) is 16.4 Å². The molecule has 1 fully saturated rings. The van der Waals surface area contributed by atoms with Gasteiger partial charge in [0.25, 0.3) is 0 Å². The summed E-state index contributed by atoms with van der Waals surface area (Å²) in [7, 11) is -3.57. The highest BCUT2D eigenvalue weighted by molar-refractivity contribution is 9.11. The second-order valence-corrected chi connectivity index (χ2v) is 9.87. The number of hydrogen-bond donors (Lipinski definition) is 1. The van der Waals surface area contributed by atoms with Crippen LogP contribution in [-0.2, 0) is 10.0 Å². The number of nitrogen functional groups attached to an aromatic ring is 1. The Morgan fingerprint density at radius 1 is 1.19 bits per heavy atom. The fourth-order valence-corrected chi connectivity index (χ4v) is 6.11. The number of rotatable bonds is 2. The number of benzene rings is 1. The first kappa shape index (κ1) is 17.2. The van der Waals surface area contributed by atoms with Crippen molar-refractivity contribution in [2.24, 2.45) is 5.41 Å². The minimum atomic E-state index is -3.57. The first-order valence-corrected chi connectivity index (χ1v) is 9.91. The van der Waals surface area contributed by atoms with E-state index in [2.05, 4.69) is 45.7 Å². The van der Waals surface area contributed by atoms with Gasteiger partial charge in [-0.2, -0.15) is 4.31 Å². The molecule has 0 atom stereocenters. The first-order valence-electron chi connectivity index (χ1n) is 6.88. The third kappa shape index (κ3) is 3.81. The van der Waals surface area contributed by atoms with Crippen LogP contribution in [0.15, 0.2) is 26.0 Å². The SMILES string of the molecule is CC1(C)CCCN(S(=O)(=O)c2c(N)cc(Br)cc2Br)CC1. The number of hydrogen-bond acceptors (Lipinski definition) is 3. The van der Waals surface area contributed by atoms with Crippen molar-refractivity contribution in [3.63, 3.8) is 0 Å². The minimum absolute atomic E-state index is 0.172. The van der Waals surface area contributed by atoms with Gasteiger partial charge in [0.15, 0.2) is 0 Å². The van der Waals surface area contributed by atoms with Gasteiger partial charge in [0.1, 0.15) is 4.90 Å². The van der Waals surface area contributed by atoms with E-state index in [0.717, 1.165) is 23.7 Å². The lowest BCUT2D eigenvalue weighted by molar-refractivity contribution is 0.315. The van der Waals surface area contributed by atoms with Gasteiger partial charge in [-0.25, -0.2) is 8.42 Å². The summed E-state index contributed by atoms with van der Waals surface area (Å²) >= 11 is 6.65. The molecule has 0 bridgehead atoms. The number of nitrogens with two attached hydrogens (primary N) is 1. The zero-order valence-corrected chi connectivity index (χ0v) is 16.2. The molecule has 0 saturated carbocycles. The van der Waals surface area contributed by atoms with Crippen molar-refractivity contribution in [1.29, 1.82) is 0 Å². The largest absolute Gasteiger partial charge is 0.398 e. The van der Waals surface area contributed by atoms with Crippen molar-refractivity contribution in [3.05, 3.63) is 21.1 Å². The lowest BCUT2D eigenvalue weighted by Crippen LogP contribution is -2.33. The molecule has 0 unspecified atom stereocenters. The summed E-state index contributed by atoms with van der Waals surface area (Å²) in [5, 5.41) is 0. The van der Waals surface area contributed by atoms with Gasteiger partial charge in [-0.1, -0.05) is 29.8 Å². The maximum atomic E-state index is 12.9. The smallest absolute Gasteiger partial charge is 0.246 e. The molecule has 1 aliphatic rings. The summed E-state index contributed by atoms with van der Waals surface area (Å²) < 4.78 is 28.6. The van der Waals surface area contributed by atoms with E-state index in [9.17, 15) is 8.42 Å². The maximum absolute atomic E-state index is 12.9. The van der Waals surface area contributed by atoms with Crippen LogP contribution in [0.1, 0.15) is 33.1 Å². The molecule has 4 nitrogen and oxygen atoms in total. The van der Waals surface area contributed by atoms with Gasteiger partial charge in [-0.15, -0.1) is 0 Å². The van der Waals surface area contributed by atoms with Crippen LogP contribution in [-0.4, -0.2) is 25.8 Å². The molecule has 0 amide bonds. The van der Waals surface area contributed by atoms with Crippen molar-refractivity contribution in [2.75, 3.05) is 18.8 Å². The quantitative estimate of drug-likeness (QED) is 0.708. The zero-order valence-electron chi connectivity index (χ0n) is 12.2. The Morgan fingerprint density at radius 3 is 2.48 bits per heavy atom. The van der Waals surface area contributed by atoms with E-state index in [-0.39, 0.29) is 16.0 Å². The normalized spacial score (nSPS) is 20.2. The summed E-state index contributed by atoms with van der Waals surface area (Å²) in [6, 6.07) is 3.34. The zero-order chi connectivity index (χ0) is 15.8. The average molecular weight is 440 g/mol. The van der Waals surface area contributed by atoms with E-state index in [0.29, 0.717) is 17.6 Å². The molecule has 2 N–H and O–H groups in total.